The number of hydrogen-bond acceptors (Lipinski definition) is 6. The number of carbonyl (C=O) groups is 1. The third-order valence-electron chi connectivity index (χ3n) is 1.12. The van der Waals surface area contributed by atoms with Crippen molar-refractivity contribution in [2.24, 2.45) is 11.1 Å². The molecule has 0 bridgehead atoms. The van der Waals surface area contributed by atoms with E-state index in [4.69, 9.17) is 21.6 Å². The molecule has 0 saturated carbocycles. The van der Waals surface area contributed by atoms with E-state index >= 15 is 0 Å². The SMILES string of the molecule is N.N.NC(=O)c1ccc(N)[nH+]c1.O=NO.[Cl-].[Cl-].[Pt+4]. The second-order valence-corrected chi connectivity index (χ2v) is 1.98. The number of halogens is 2. The number of primary amides is 1. The fraction of sp³-hybridized carbons (Fsp3) is 0. The Morgan fingerprint density at radius 2 is 1.67 bits per heavy atom. The number of nitrogen functional groups attached to an aromatic ring is 1. The number of nitrogens with one attached hydrogen (secondary N) is 1. The molecule has 1 rings (SSSR count). The van der Waals surface area contributed by atoms with Gasteiger partial charge in [-0.25, -0.2) is 4.98 Å². The molecule has 0 spiro atoms. The topological polar surface area (TPSA) is 203 Å². The Hall–Kier alpha value is -0.992. The molecule has 0 unspecified atom stereocenters. The van der Waals surface area contributed by atoms with Gasteiger partial charge in [0, 0.05) is 6.07 Å². The summed E-state index contributed by atoms with van der Waals surface area (Å²) in [6.45, 7) is 0. The number of H-pyrrole nitrogens is 1. The van der Waals surface area contributed by atoms with Gasteiger partial charge >= 0.3 is 21.1 Å². The molecule has 0 saturated heterocycles. The van der Waals surface area contributed by atoms with E-state index in [1.54, 1.807) is 12.1 Å². The standard InChI is InChI=1S/C6H7N3O.2ClH.HNO2.2H3N.Pt/c7-5-2-1-4(3-9-5)6(8)10;;;2-1-3;;;/h1-3H,(H2,7,9)(H2,8,10);2*1H;(H,2,3);2*1H3;/q;;;;;;+4/p-1. The van der Waals surface area contributed by atoms with Crippen molar-refractivity contribution in [3.05, 3.63) is 28.8 Å². The van der Waals surface area contributed by atoms with Gasteiger partial charge in [-0.15, -0.1) is 4.91 Å². The van der Waals surface area contributed by atoms with Crippen LogP contribution in [0.5, 0.6) is 0 Å². The second kappa shape index (κ2) is 21.3. The van der Waals surface area contributed by atoms with Crippen molar-refractivity contribution >= 4 is 11.7 Å². The molecule has 1 heterocycles. The van der Waals surface area contributed by atoms with Gasteiger partial charge in [-0.2, -0.15) is 0 Å². The van der Waals surface area contributed by atoms with E-state index in [2.05, 4.69) is 4.98 Å². The van der Waals surface area contributed by atoms with Crippen LogP contribution in [0, 0.1) is 4.91 Å². The molecule has 1 amide bonds. The normalized spacial score (nSPS) is 5.78. The second-order valence-electron chi connectivity index (χ2n) is 1.98. The van der Waals surface area contributed by atoms with Crippen LogP contribution >= 0.6 is 0 Å². The molecule has 12 heteroatoms. The number of rotatable bonds is 1. The zero-order chi connectivity index (χ0) is 10.3. The van der Waals surface area contributed by atoms with E-state index in [0.717, 1.165) is 0 Å². The van der Waals surface area contributed by atoms with E-state index in [-0.39, 0.29) is 58.2 Å². The van der Waals surface area contributed by atoms with Crippen LogP contribution < -0.4 is 53.6 Å². The molecule has 0 radical (unpaired) electrons. The van der Waals surface area contributed by atoms with Crippen LogP contribution in [-0.4, -0.2) is 11.1 Å². The summed E-state index contributed by atoms with van der Waals surface area (Å²) in [6, 6.07) is 3.15. The number of nitrogens with zero attached hydrogens (tertiary/aromatic N) is 1. The predicted molar refractivity (Wildman–Crippen MR) is 53.6 cm³/mol. The van der Waals surface area contributed by atoms with Crippen molar-refractivity contribution in [1.29, 1.82) is 0 Å². The van der Waals surface area contributed by atoms with Crippen molar-refractivity contribution in [1.82, 2.24) is 12.3 Å². The fourth-order valence-electron chi connectivity index (χ4n) is 0.590. The monoisotopic (exact) mass is 484 g/mol. The summed E-state index contributed by atoms with van der Waals surface area (Å²) >= 11 is 0. The maximum Gasteiger partial charge on any atom is 4.00 e. The van der Waals surface area contributed by atoms with E-state index < -0.39 is 5.91 Å². The minimum Gasteiger partial charge on any atom is -1.00 e. The Labute approximate surface area is 130 Å². The molecular weight excluding hydrogens is 470 g/mol. The number of amides is 1. The first-order valence-electron chi connectivity index (χ1n) is 3.15. The number of anilines is 1. The summed E-state index contributed by atoms with van der Waals surface area (Å²) in [5.74, 6) is 0.0428. The summed E-state index contributed by atoms with van der Waals surface area (Å²) < 4.78 is 0. The van der Waals surface area contributed by atoms with Crippen LogP contribution in [0.15, 0.2) is 23.7 Å². The van der Waals surface area contributed by atoms with Gasteiger partial charge in [0.05, 0.1) is 5.56 Å². The van der Waals surface area contributed by atoms with Crippen LogP contribution in [0.3, 0.4) is 0 Å². The van der Waals surface area contributed by atoms with Crippen LogP contribution in [0.25, 0.3) is 0 Å². The van der Waals surface area contributed by atoms with Gasteiger partial charge < -0.3 is 48.1 Å². The molecular formula is C6H15Cl2N6O3Pt+3. The van der Waals surface area contributed by atoms with Crippen LogP contribution in [0.4, 0.5) is 5.82 Å². The predicted octanol–water partition coefficient (Wildman–Crippen LogP) is -6.35. The first kappa shape index (κ1) is 36.0. The number of carbonyl (C=O) groups excluding carboxylic acids is 1. The number of pyridine rings is 1. The van der Waals surface area contributed by atoms with Gasteiger partial charge in [0.25, 0.3) is 11.7 Å². The van der Waals surface area contributed by atoms with Crippen LogP contribution in [0.1, 0.15) is 10.4 Å². The van der Waals surface area contributed by atoms with E-state index in [1.807, 2.05) is 0 Å². The zero-order valence-electron chi connectivity index (χ0n) is 9.08. The minimum atomic E-state index is -0.462. The summed E-state index contributed by atoms with van der Waals surface area (Å²) in [4.78, 5) is 21.2. The average Bonchev–Trinajstić information content (AvgIpc) is 2.06. The minimum absolute atomic E-state index is 0. The number of aromatic nitrogens is 1. The molecule has 0 aromatic carbocycles. The number of nitrogens with two attached hydrogens (primary N) is 2. The number of hydrogen-bond donors (Lipinski definition) is 5. The maximum absolute atomic E-state index is 10.5. The average molecular weight is 485 g/mol. The third kappa shape index (κ3) is 17.4. The smallest absolute Gasteiger partial charge is 1.00 e. The quantitative estimate of drug-likeness (QED) is 0.193. The van der Waals surface area contributed by atoms with Gasteiger partial charge in [0.15, 0.2) is 5.34 Å². The number of aromatic amines is 1. The Bertz CT molecular complexity index is 302. The maximum atomic E-state index is 10.5. The van der Waals surface area contributed by atoms with E-state index in [1.165, 1.54) is 11.5 Å². The van der Waals surface area contributed by atoms with Gasteiger partial charge in [-0.3, -0.25) is 10.5 Å². The van der Waals surface area contributed by atoms with Crippen LogP contribution in [-0.2, 0) is 21.1 Å². The van der Waals surface area contributed by atoms with Crippen molar-refractivity contribution < 1.29 is 60.9 Å². The summed E-state index contributed by atoms with van der Waals surface area (Å²) in [5, 5.41) is 7.89. The molecule has 0 aliphatic rings. The largest absolute Gasteiger partial charge is 4.00 e. The molecule has 1 aromatic rings. The zero-order valence-corrected chi connectivity index (χ0v) is 12.9. The van der Waals surface area contributed by atoms with E-state index in [9.17, 15) is 4.79 Å². The fourth-order valence-corrected chi connectivity index (χ4v) is 0.590. The van der Waals surface area contributed by atoms with Gasteiger partial charge in [0.1, 0.15) is 6.20 Å². The van der Waals surface area contributed by atoms with Gasteiger partial charge in [0.2, 0.25) is 0 Å². The Kier molecular flexibility index (Phi) is 42.6. The van der Waals surface area contributed by atoms with Gasteiger partial charge in [-0.1, -0.05) is 0 Å². The summed E-state index contributed by atoms with van der Waals surface area (Å²) in [6.07, 6.45) is 1.47. The molecule has 108 valence electrons. The molecule has 18 heavy (non-hydrogen) atoms. The summed E-state index contributed by atoms with van der Waals surface area (Å²) in [7, 11) is 0. The Balaban J connectivity index is -0.0000000415. The molecule has 1 aromatic heterocycles. The first-order valence-corrected chi connectivity index (χ1v) is 3.15. The van der Waals surface area contributed by atoms with Crippen molar-refractivity contribution in [2.75, 3.05) is 5.73 Å². The molecule has 0 aliphatic carbocycles. The van der Waals surface area contributed by atoms with Crippen molar-refractivity contribution in [2.45, 2.75) is 0 Å². The molecule has 0 atom stereocenters. The third-order valence-corrected chi connectivity index (χ3v) is 1.12. The molecule has 9 nitrogen and oxygen atoms in total. The van der Waals surface area contributed by atoms with Crippen LogP contribution in [0.2, 0.25) is 0 Å². The molecule has 12 N–H and O–H groups in total. The Morgan fingerprint density at radius 1 is 1.28 bits per heavy atom. The van der Waals surface area contributed by atoms with Crippen molar-refractivity contribution in [3.8, 4) is 0 Å². The molecule has 0 aliphatic heterocycles. The Morgan fingerprint density at radius 3 is 1.89 bits per heavy atom. The van der Waals surface area contributed by atoms with Gasteiger partial charge in [-0.05, 0) is 6.07 Å². The molecule has 0 fully saturated rings. The van der Waals surface area contributed by atoms with E-state index in [0.29, 0.717) is 11.4 Å². The van der Waals surface area contributed by atoms with Crippen molar-refractivity contribution in [3.63, 3.8) is 0 Å². The first-order chi connectivity index (χ1) is 6.11. The summed E-state index contributed by atoms with van der Waals surface area (Å²) in [5.41, 5.74) is 10.7.